The van der Waals surface area contributed by atoms with E-state index in [2.05, 4.69) is 10.4 Å². The molecular formula is C6H12N2O4S2. The molecule has 6 nitrogen and oxygen atoms in total. The van der Waals surface area contributed by atoms with Crippen LogP contribution in [0.2, 0.25) is 0 Å². The van der Waals surface area contributed by atoms with Crippen molar-refractivity contribution in [1.82, 2.24) is 0 Å². The molecule has 4 unspecified atom stereocenters. The lowest BCUT2D eigenvalue weighted by atomic mass is 10.2. The van der Waals surface area contributed by atoms with E-state index in [0.717, 1.165) is 0 Å². The monoisotopic (exact) mass is 240 g/mol. The Kier molecular flexibility index (Phi) is 6.64. The first kappa shape index (κ1) is 13.5. The second-order valence-corrected chi connectivity index (χ2v) is 5.78. The van der Waals surface area contributed by atoms with Gasteiger partial charge in [0.15, 0.2) is 0 Å². The Balaban J connectivity index is 4.43. The third-order valence-electron chi connectivity index (χ3n) is 1.53. The van der Waals surface area contributed by atoms with Crippen LogP contribution in [0.15, 0.2) is 10.4 Å². The van der Waals surface area contributed by atoms with Gasteiger partial charge in [0, 0.05) is 34.1 Å². The van der Waals surface area contributed by atoms with Crippen LogP contribution in [-0.4, -0.2) is 44.5 Å². The molecule has 0 N–H and O–H groups in total. The maximum absolute atomic E-state index is 10.8. The van der Waals surface area contributed by atoms with Crippen LogP contribution in [0.3, 0.4) is 0 Å². The second-order valence-electron chi connectivity index (χ2n) is 2.83. The highest BCUT2D eigenvalue weighted by molar-refractivity contribution is 7.84. The summed E-state index contributed by atoms with van der Waals surface area (Å²) in [6, 6.07) is -1.88. The van der Waals surface area contributed by atoms with E-state index in [1.807, 2.05) is 0 Å². The summed E-state index contributed by atoms with van der Waals surface area (Å²) in [5.74, 6) is -0.0335. The molecule has 0 radical (unpaired) electrons. The number of hydrogen-bond donors (Lipinski definition) is 0. The first-order chi connectivity index (χ1) is 6.51. The summed E-state index contributed by atoms with van der Waals surface area (Å²) in [6.45, 7) is 0. The minimum Gasteiger partial charge on any atom is -0.260 e. The molecule has 0 bridgehead atoms. The first-order valence-corrected chi connectivity index (χ1v) is 7.21. The molecule has 0 spiro atoms. The molecular weight excluding hydrogens is 228 g/mol. The van der Waals surface area contributed by atoms with Gasteiger partial charge in [-0.05, 0) is 0 Å². The summed E-state index contributed by atoms with van der Waals surface area (Å²) in [5.41, 5.74) is 0. The zero-order valence-corrected chi connectivity index (χ0v) is 9.55. The number of nitrogens with zero attached hydrogens (tertiary/aromatic N) is 2. The van der Waals surface area contributed by atoms with E-state index in [9.17, 15) is 18.2 Å². The molecule has 8 heteroatoms. The molecule has 0 aliphatic heterocycles. The Morgan fingerprint density at radius 1 is 0.929 bits per heavy atom. The van der Waals surface area contributed by atoms with Gasteiger partial charge in [-0.1, -0.05) is 10.4 Å². The lowest BCUT2D eigenvalue weighted by molar-refractivity contribution is 0.595. The molecule has 0 saturated carbocycles. The lowest BCUT2D eigenvalue weighted by Gasteiger charge is -2.11. The molecule has 0 aromatic heterocycles. The third-order valence-corrected chi connectivity index (χ3v) is 3.15. The number of nitroso groups, excluding NO2 is 2. The summed E-state index contributed by atoms with van der Waals surface area (Å²) in [4.78, 5) is 20.7. The number of rotatable bonds is 7. The molecule has 82 valence electrons. The highest BCUT2D eigenvalue weighted by Crippen LogP contribution is 2.06. The molecule has 4 atom stereocenters. The van der Waals surface area contributed by atoms with Crippen molar-refractivity contribution < 1.29 is 8.42 Å². The molecule has 0 aromatic carbocycles. The fourth-order valence-electron chi connectivity index (χ4n) is 0.904. The normalized spacial score (nSPS) is 19.3. The molecule has 0 saturated heterocycles. The van der Waals surface area contributed by atoms with Crippen molar-refractivity contribution in [2.75, 3.05) is 24.0 Å². The Morgan fingerprint density at radius 2 is 1.21 bits per heavy atom. The van der Waals surface area contributed by atoms with Gasteiger partial charge in [-0.25, -0.2) is 0 Å². The average Bonchev–Trinajstić information content (AvgIpc) is 2.10. The minimum atomic E-state index is -1.22. The SMILES string of the molecule is CS(=O)CC(N=O)C(CS(C)=O)N=O. The minimum absolute atomic E-state index is 0.0168. The molecule has 14 heavy (non-hydrogen) atoms. The van der Waals surface area contributed by atoms with Crippen LogP contribution in [0, 0.1) is 9.81 Å². The maximum Gasteiger partial charge on any atom is 0.130 e. The topological polar surface area (TPSA) is 93.0 Å². The standard InChI is InChI=1S/C6H12N2O4S2/c1-13(11)3-5(7-9)6(8-10)4-14(2)12/h5-6H,3-4H2,1-2H3. The van der Waals surface area contributed by atoms with Crippen LogP contribution in [0.5, 0.6) is 0 Å². The molecule has 0 aliphatic carbocycles. The van der Waals surface area contributed by atoms with E-state index in [0.29, 0.717) is 0 Å². The molecule has 0 fully saturated rings. The maximum atomic E-state index is 10.8. The van der Waals surface area contributed by atoms with Crippen molar-refractivity contribution in [2.45, 2.75) is 12.1 Å². The largest absolute Gasteiger partial charge is 0.260 e. The highest BCUT2D eigenvalue weighted by atomic mass is 32.2. The van der Waals surface area contributed by atoms with Crippen molar-refractivity contribution in [3.05, 3.63) is 9.81 Å². The Hall–Kier alpha value is -0.500. The van der Waals surface area contributed by atoms with Crippen LogP contribution < -0.4 is 0 Å². The van der Waals surface area contributed by atoms with Crippen LogP contribution in [0.25, 0.3) is 0 Å². The Bertz CT molecular complexity index is 232. The number of hydrogen-bond acceptors (Lipinski definition) is 6. The third kappa shape index (κ3) is 5.28. The van der Waals surface area contributed by atoms with E-state index < -0.39 is 33.7 Å². The first-order valence-electron chi connectivity index (χ1n) is 3.76. The molecule has 0 aliphatic rings. The van der Waals surface area contributed by atoms with Gasteiger partial charge in [-0.2, -0.15) is 9.81 Å². The quantitative estimate of drug-likeness (QED) is 0.586. The van der Waals surface area contributed by atoms with Crippen molar-refractivity contribution >= 4 is 21.6 Å². The van der Waals surface area contributed by atoms with Crippen LogP contribution in [0.4, 0.5) is 0 Å². The Labute approximate surface area is 86.7 Å². The van der Waals surface area contributed by atoms with Crippen molar-refractivity contribution in [3.8, 4) is 0 Å². The predicted octanol–water partition coefficient (Wildman–Crippen LogP) is 0.0134. The smallest absolute Gasteiger partial charge is 0.130 e. The van der Waals surface area contributed by atoms with Crippen molar-refractivity contribution in [2.24, 2.45) is 10.4 Å². The van der Waals surface area contributed by atoms with E-state index in [1.165, 1.54) is 12.5 Å². The molecule has 0 heterocycles. The van der Waals surface area contributed by atoms with E-state index in [4.69, 9.17) is 0 Å². The van der Waals surface area contributed by atoms with Gasteiger partial charge < -0.3 is 0 Å². The zero-order chi connectivity index (χ0) is 11.1. The van der Waals surface area contributed by atoms with Crippen molar-refractivity contribution in [3.63, 3.8) is 0 Å². The van der Waals surface area contributed by atoms with Gasteiger partial charge in [-0.3, -0.25) is 8.42 Å². The van der Waals surface area contributed by atoms with Gasteiger partial charge >= 0.3 is 0 Å². The summed E-state index contributed by atoms with van der Waals surface area (Å²) in [6.07, 6.45) is 2.81. The summed E-state index contributed by atoms with van der Waals surface area (Å²) < 4.78 is 21.6. The van der Waals surface area contributed by atoms with E-state index in [-0.39, 0.29) is 11.5 Å². The van der Waals surface area contributed by atoms with Gasteiger partial charge in [0.05, 0.1) is 11.5 Å². The van der Waals surface area contributed by atoms with Crippen LogP contribution in [0.1, 0.15) is 0 Å². The summed E-state index contributed by atoms with van der Waals surface area (Å²) in [5, 5.41) is 5.36. The van der Waals surface area contributed by atoms with Crippen molar-refractivity contribution in [1.29, 1.82) is 0 Å². The van der Waals surface area contributed by atoms with E-state index >= 15 is 0 Å². The highest BCUT2D eigenvalue weighted by Gasteiger charge is 2.25. The average molecular weight is 240 g/mol. The summed E-state index contributed by atoms with van der Waals surface area (Å²) >= 11 is 0. The van der Waals surface area contributed by atoms with Gasteiger partial charge in [0.2, 0.25) is 0 Å². The zero-order valence-electron chi connectivity index (χ0n) is 7.91. The van der Waals surface area contributed by atoms with Crippen LogP contribution in [-0.2, 0) is 21.6 Å². The van der Waals surface area contributed by atoms with Crippen LogP contribution >= 0.6 is 0 Å². The molecule has 0 aromatic rings. The fourth-order valence-corrected chi connectivity index (χ4v) is 2.43. The Morgan fingerprint density at radius 3 is 1.36 bits per heavy atom. The van der Waals surface area contributed by atoms with Gasteiger partial charge in [0.1, 0.15) is 12.1 Å². The fraction of sp³-hybridized carbons (Fsp3) is 1.00. The second kappa shape index (κ2) is 6.88. The predicted molar refractivity (Wildman–Crippen MR) is 57.0 cm³/mol. The molecule has 0 amide bonds. The van der Waals surface area contributed by atoms with Gasteiger partial charge in [-0.15, -0.1) is 0 Å². The lowest BCUT2D eigenvalue weighted by Crippen LogP contribution is -2.32. The van der Waals surface area contributed by atoms with E-state index in [1.54, 1.807) is 0 Å². The van der Waals surface area contributed by atoms with Gasteiger partial charge in [0.25, 0.3) is 0 Å². The summed E-state index contributed by atoms with van der Waals surface area (Å²) in [7, 11) is -2.45. The molecule has 0 rings (SSSR count).